The highest BCUT2D eigenvalue weighted by Crippen LogP contribution is 2.18. The maximum absolute atomic E-state index is 12.2. The van der Waals surface area contributed by atoms with Crippen LogP contribution in [0.5, 0.6) is 0 Å². The second kappa shape index (κ2) is 7.50. The van der Waals surface area contributed by atoms with Gasteiger partial charge in [-0.15, -0.1) is 0 Å². The van der Waals surface area contributed by atoms with Crippen molar-refractivity contribution in [1.82, 2.24) is 10.2 Å². The van der Waals surface area contributed by atoms with Gasteiger partial charge in [0.25, 0.3) is 5.91 Å². The van der Waals surface area contributed by atoms with Crippen molar-refractivity contribution in [1.29, 1.82) is 0 Å². The number of urea groups is 1. The van der Waals surface area contributed by atoms with Crippen molar-refractivity contribution in [2.45, 2.75) is 26.3 Å². The number of hydrogen-bond acceptors (Lipinski definition) is 4. The molecule has 0 spiro atoms. The van der Waals surface area contributed by atoms with Gasteiger partial charge < -0.3 is 10.6 Å². The quantitative estimate of drug-likeness (QED) is 0.779. The van der Waals surface area contributed by atoms with Gasteiger partial charge in [-0.05, 0) is 49.5 Å². The maximum Gasteiger partial charge on any atom is 0.325 e. The minimum atomic E-state index is -0.525. The van der Waals surface area contributed by atoms with Gasteiger partial charge in [0.15, 0.2) is 0 Å². The summed E-state index contributed by atoms with van der Waals surface area (Å²) in [6.45, 7) is 3.60. The van der Waals surface area contributed by atoms with Gasteiger partial charge in [-0.2, -0.15) is 11.8 Å². The van der Waals surface area contributed by atoms with Crippen LogP contribution in [0.15, 0.2) is 18.2 Å². The number of benzene rings is 1. The monoisotopic (exact) mass is 335 g/mol. The molecule has 1 aromatic carbocycles. The lowest BCUT2D eigenvalue weighted by atomic mass is 10.1. The van der Waals surface area contributed by atoms with E-state index in [0.29, 0.717) is 12.1 Å². The van der Waals surface area contributed by atoms with E-state index in [9.17, 15) is 14.4 Å². The van der Waals surface area contributed by atoms with Gasteiger partial charge in [-0.1, -0.05) is 12.1 Å². The first-order valence-electron chi connectivity index (χ1n) is 7.41. The van der Waals surface area contributed by atoms with Crippen LogP contribution in [0.3, 0.4) is 0 Å². The smallest absolute Gasteiger partial charge is 0.325 e. The van der Waals surface area contributed by atoms with E-state index in [0.717, 1.165) is 21.8 Å². The summed E-state index contributed by atoms with van der Waals surface area (Å²) < 4.78 is 0. The summed E-state index contributed by atoms with van der Waals surface area (Å²) in [6.07, 6.45) is 2.51. The first kappa shape index (κ1) is 17.3. The summed E-state index contributed by atoms with van der Waals surface area (Å²) in [5.41, 5.74) is 2.73. The minimum Gasteiger partial charge on any atom is -0.326 e. The third-order valence-corrected chi connectivity index (χ3v) is 4.54. The number of aryl methyl sites for hydroxylation is 1. The molecule has 0 aromatic heterocycles. The van der Waals surface area contributed by atoms with Gasteiger partial charge in [0.1, 0.15) is 12.6 Å². The lowest BCUT2D eigenvalue weighted by Gasteiger charge is -2.14. The van der Waals surface area contributed by atoms with Gasteiger partial charge in [0.05, 0.1) is 0 Å². The third-order valence-electron chi connectivity index (χ3n) is 3.90. The molecule has 0 saturated carbocycles. The molecular formula is C16H21N3O3S. The molecule has 1 aliphatic rings. The van der Waals surface area contributed by atoms with E-state index in [2.05, 4.69) is 10.6 Å². The van der Waals surface area contributed by atoms with Gasteiger partial charge in [0, 0.05) is 5.69 Å². The third kappa shape index (κ3) is 4.04. The zero-order valence-electron chi connectivity index (χ0n) is 13.5. The van der Waals surface area contributed by atoms with E-state index in [1.807, 2.05) is 32.2 Å². The van der Waals surface area contributed by atoms with Crippen LogP contribution in [-0.2, 0) is 9.59 Å². The zero-order chi connectivity index (χ0) is 17.0. The molecule has 0 aliphatic carbocycles. The molecule has 0 bridgehead atoms. The first-order chi connectivity index (χ1) is 10.9. The second-order valence-corrected chi connectivity index (χ2v) is 6.49. The second-order valence-electron chi connectivity index (χ2n) is 5.50. The number of amides is 4. The first-order valence-corrected chi connectivity index (χ1v) is 8.80. The number of nitrogens with one attached hydrogen (secondary N) is 2. The Bertz CT molecular complexity index is 633. The normalized spacial score (nSPS) is 17.3. The fourth-order valence-electron chi connectivity index (χ4n) is 2.38. The molecule has 1 fully saturated rings. The van der Waals surface area contributed by atoms with E-state index < -0.39 is 12.1 Å². The van der Waals surface area contributed by atoms with Crippen molar-refractivity contribution in [3.05, 3.63) is 29.3 Å². The Labute approximate surface area is 140 Å². The standard InChI is InChI=1S/C16H21N3O3S/c1-10-5-4-6-12(11(10)2)17-14(20)9-19-15(21)13(7-8-23-3)18-16(19)22/h4-6,13H,7-9H2,1-3H3,(H,17,20)(H,18,22). The average Bonchev–Trinajstić information content (AvgIpc) is 2.77. The van der Waals surface area contributed by atoms with E-state index in [-0.39, 0.29) is 18.4 Å². The topological polar surface area (TPSA) is 78.5 Å². The molecule has 124 valence electrons. The van der Waals surface area contributed by atoms with E-state index >= 15 is 0 Å². The van der Waals surface area contributed by atoms with Gasteiger partial charge in [-0.3, -0.25) is 14.5 Å². The molecule has 2 N–H and O–H groups in total. The Morgan fingerprint density at radius 1 is 1.35 bits per heavy atom. The highest BCUT2D eigenvalue weighted by atomic mass is 32.2. The summed E-state index contributed by atoms with van der Waals surface area (Å²) in [4.78, 5) is 37.2. The highest BCUT2D eigenvalue weighted by Gasteiger charge is 2.38. The van der Waals surface area contributed by atoms with Crippen LogP contribution in [0, 0.1) is 13.8 Å². The molecule has 1 heterocycles. The van der Waals surface area contributed by atoms with Crippen LogP contribution in [0.1, 0.15) is 17.5 Å². The Kier molecular flexibility index (Phi) is 5.65. The van der Waals surface area contributed by atoms with E-state index in [1.165, 1.54) is 0 Å². The summed E-state index contributed by atoms with van der Waals surface area (Å²) in [5.74, 6) is 0.0621. The fourth-order valence-corrected chi connectivity index (χ4v) is 2.85. The van der Waals surface area contributed by atoms with Crippen LogP contribution < -0.4 is 10.6 Å². The Hall–Kier alpha value is -2.02. The summed E-state index contributed by atoms with van der Waals surface area (Å²) in [7, 11) is 0. The van der Waals surface area contributed by atoms with Gasteiger partial charge in [0.2, 0.25) is 5.91 Å². The number of anilines is 1. The summed E-state index contributed by atoms with van der Waals surface area (Å²) >= 11 is 1.61. The van der Waals surface area contributed by atoms with Crippen LogP contribution >= 0.6 is 11.8 Å². The largest absolute Gasteiger partial charge is 0.326 e. The van der Waals surface area contributed by atoms with Gasteiger partial charge in [-0.25, -0.2) is 4.79 Å². The summed E-state index contributed by atoms with van der Waals surface area (Å²) in [6, 6.07) is 4.58. The number of carbonyl (C=O) groups excluding carboxylic acids is 3. The predicted molar refractivity (Wildman–Crippen MR) is 91.6 cm³/mol. The van der Waals surface area contributed by atoms with Crippen LogP contribution in [0.25, 0.3) is 0 Å². The fraction of sp³-hybridized carbons (Fsp3) is 0.438. The number of nitrogens with zero attached hydrogens (tertiary/aromatic N) is 1. The van der Waals surface area contributed by atoms with Crippen LogP contribution in [-0.4, -0.2) is 47.3 Å². The molecule has 1 atom stereocenters. The Morgan fingerprint density at radius 3 is 2.78 bits per heavy atom. The minimum absolute atomic E-state index is 0.270. The molecule has 0 radical (unpaired) electrons. The van der Waals surface area contributed by atoms with Crippen molar-refractivity contribution in [2.24, 2.45) is 0 Å². The average molecular weight is 335 g/mol. The molecular weight excluding hydrogens is 314 g/mol. The molecule has 1 aromatic rings. The summed E-state index contributed by atoms with van der Waals surface area (Å²) in [5, 5.41) is 5.38. The lowest BCUT2D eigenvalue weighted by Crippen LogP contribution is -2.38. The van der Waals surface area contributed by atoms with Crippen molar-refractivity contribution in [3.8, 4) is 0 Å². The molecule has 7 heteroatoms. The van der Waals surface area contributed by atoms with Gasteiger partial charge >= 0.3 is 6.03 Å². The Balaban J connectivity index is 1.98. The van der Waals surface area contributed by atoms with Crippen molar-refractivity contribution >= 4 is 35.3 Å². The highest BCUT2D eigenvalue weighted by molar-refractivity contribution is 7.98. The lowest BCUT2D eigenvalue weighted by molar-refractivity contribution is -0.130. The number of imide groups is 1. The SMILES string of the molecule is CSCCC1NC(=O)N(CC(=O)Nc2cccc(C)c2C)C1=O. The predicted octanol–water partition coefficient (Wildman–Crippen LogP) is 1.92. The van der Waals surface area contributed by atoms with Crippen molar-refractivity contribution in [3.63, 3.8) is 0 Å². The van der Waals surface area contributed by atoms with E-state index in [4.69, 9.17) is 0 Å². The number of carbonyl (C=O) groups is 3. The molecule has 1 aliphatic heterocycles. The molecule has 2 rings (SSSR count). The number of thioether (sulfide) groups is 1. The number of hydrogen-bond donors (Lipinski definition) is 2. The maximum atomic E-state index is 12.2. The zero-order valence-corrected chi connectivity index (χ0v) is 14.3. The molecule has 1 saturated heterocycles. The number of rotatable bonds is 6. The van der Waals surface area contributed by atoms with Crippen LogP contribution in [0.2, 0.25) is 0 Å². The van der Waals surface area contributed by atoms with Crippen molar-refractivity contribution < 1.29 is 14.4 Å². The molecule has 23 heavy (non-hydrogen) atoms. The molecule has 6 nitrogen and oxygen atoms in total. The molecule has 1 unspecified atom stereocenters. The molecule has 4 amide bonds. The van der Waals surface area contributed by atoms with Crippen LogP contribution in [0.4, 0.5) is 10.5 Å². The van der Waals surface area contributed by atoms with Crippen molar-refractivity contribution in [2.75, 3.05) is 23.9 Å². The van der Waals surface area contributed by atoms with E-state index in [1.54, 1.807) is 17.8 Å². The Morgan fingerprint density at radius 2 is 2.09 bits per heavy atom.